The monoisotopic (exact) mass is 582 g/mol. The van der Waals surface area contributed by atoms with Gasteiger partial charge in [-0.2, -0.15) is 26.9 Å². The number of carbonyl (C=O) groups excluding carboxylic acids is 1. The van der Waals surface area contributed by atoms with Crippen molar-refractivity contribution in [1.82, 2.24) is 19.8 Å². The number of fused-ring (bicyclic) bond motifs is 1. The Bertz CT molecular complexity index is 1440. The normalized spacial score (nSPS) is 17.4. The molecule has 0 amide bonds. The smallest absolute Gasteiger partial charge is 0.419 e. The molecule has 1 aromatic heterocycles. The molecular weight excluding hydrogens is 564 g/mol. The fourth-order valence-electron chi connectivity index (χ4n) is 3.99. The first-order chi connectivity index (χ1) is 18.8. The number of ether oxygens (including phenoxy) is 1. The van der Waals surface area contributed by atoms with Crippen LogP contribution in [-0.4, -0.2) is 65.6 Å². The van der Waals surface area contributed by atoms with Crippen LogP contribution in [0.3, 0.4) is 0 Å². The molecule has 0 aliphatic carbocycles. The van der Waals surface area contributed by atoms with Crippen LogP contribution in [0.2, 0.25) is 0 Å². The highest BCUT2D eigenvalue weighted by Gasteiger charge is 2.50. The molecule has 4 rings (SSSR count). The van der Waals surface area contributed by atoms with E-state index in [9.17, 15) is 44.7 Å². The summed E-state index contributed by atoms with van der Waals surface area (Å²) in [6, 6.07) is -1.09. The maximum Gasteiger partial charge on any atom is 0.493 e. The molecule has 1 saturated heterocycles. The van der Waals surface area contributed by atoms with Crippen molar-refractivity contribution < 1.29 is 49.5 Å². The quantitative estimate of drug-likeness (QED) is 0.247. The van der Waals surface area contributed by atoms with Crippen molar-refractivity contribution in [2.75, 3.05) is 42.7 Å². The van der Waals surface area contributed by atoms with Crippen LogP contribution in [0, 0.1) is 40.9 Å². The molecule has 10 nitrogen and oxygen atoms in total. The zero-order valence-electron chi connectivity index (χ0n) is 20.5. The van der Waals surface area contributed by atoms with Gasteiger partial charge in [0, 0.05) is 33.2 Å². The van der Waals surface area contributed by atoms with E-state index in [0.717, 1.165) is 7.05 Å². The average molecular weight is 582 g/mol. The van der Waals surface area contributed by atoms with Gasteiger partial charge in [-0.1, -0.05) is 5.92 Å². The summed E-state index contributed by atoms with van der Waals surface area (Å²) in [5.74, 6) is -12.0. The van der Waals surface area contributed by atoms with E-state index >= 15 is 0 Å². The van der Waals surface area contributed by atoms with Gasteiger partial charge in [0.1, 0.15) is 0 Å². The molecule has 0 bridgehead atoms. The topological polar surface area (TPSA) is 92.2 Å². The number of alkyl halides is 3. The van der Waals surface area contributed by atoms with Crippen molar-refractivity contribution in [3.8, 4) is 23.6 Å². The second-order valence-corrected chi connectivity index (χ2v) is 8.32. The predicted octanol–water partition coefficient (Wildman–Crippen LogP) is 2.13. The molecule has 0 radical (unpaired) electrons. The lowest BCUT2D eigenvalue weighted by Gasteiger charge is -2.40. The standard InChI is InChI=1S/C22H18F8N6O4/c1-3-4-7-35-15-17(36(40-19(38)22(28,29)30)21(35)34-8-5-31-6-9-34)32-20(33(2)18(15)37)39-16-13(26)11(24)10(23)12(25)14(16)27/h21,31H,5-9H2,1-2H3. The average Bonchev–Trinajstić information content (AvgIpc) is 3.22. The molecule has 2 aromatic rings. The highest BCUT2D eigenvalue weighted by atomic mass is 19.4. The first kappa shape index (κ1) is 28.9. The van der Waals surface area contributed by atoms with Gasteiger partial charge < -0.3 is 19.8 Å². The molecule has 2 aliphatic rings. The first-order valence-electron chi connectivity index (χ1n) is 11.3. The molecular formula is C22H18F8N6O4. The van der Waals surface area contributed by atoms with E-state index in [4.69, 9.17) is 4.74 Å². The minimum Gasteiger partial charge on any atom is -0.419 e. The van der Waals surface area contributed by atoms with Gasteiger partial charge in [-0.05, 0) is 6.92 Å². The summed E-state index contributed by atoms with van der Waals surface area (Å²) < 4.78 is 114. The lowest BCUT2D eigenvalue weighted by Crippen LogP contribution is -2.61. The summed E-state index contributed by atoms with van der Waals surface area (Å²) >= 11 is 0. The van der Waals surface area contributed by atoms with Crippen LogP contribution in [0.5, 0.6) is 11.8 Å². The van der Waals surface area contributed by atoms with Crippen LogP contribution >= 0.6 is 0 Å². The number of hydrogen-bond acceptors (Lipinski definition) is 9. The summed E-state index contributed by atoms with van der Waals surface area (Å²) in [6.07, 6.45) is -6.88. The van der Waals surface area contributed by atoms with Crippen molar-refractivity contribution >= 4 is 17.5 Å². The number of hydroxylamine groups is 1. The van der Waals surface area contributed by atoms with Crippen LogP contribution < -0.4 is 25.6 Å². The number of nitrogens with zero attached hydrogens (tertiary/aromatic N) is 5. The molecule has 1 N–H and O–H groups in total. The van der Waals surface area contributed by atoms with Gasteiger partial charge in [-0.15, -0.1) is 11.0 Å². The molecule has 18 heteroatoms. The molecule has 1 fully saturated rings. The SMILES string of the molecule is CC#CCN1c2c(nc(Oc3c(F)c(F)c(F)c(F)c3F)n(C)c2=O)N(OC(=O)C(F)(F)F)C1N1CCNCC1. The van der Waals surface area contributed by atoms with Crippen molar-refractivity contribution in [1.29, 1.82) is 0 Å². The van der Waals surface area contributed by atoms with Gasteiger partial charge in [0.05, 0.1) is 6.54 Å². The number of nitrogens with one attached hydrogen (secondary N) is 1. The Morgan fingerprint density at radius 3 is 2.17 bits per heavy atom. The second-order valence-electron chi connectivity index (χ2n) is 8.32. The lowest BCUT2D eigenvalue weighted by atomic mass is 10.2. The maximum absolute atomic E-state index is 14.3. The van der Waals surface area contributed by atoms with E-state index in [2.05, 4.69) is 27.0 Å². The summed E-state index contributed by atoms with van der Waals surface area (Å²) in [5, 5.41) is 3.38. The third-order valence-electron chi connectivity index (χ3n) is 5.87. The maximum atomic E-state index is 14.3. The zero-order valence-corrected chi connectivity index (χ0v) is 20.5. The Morgan fingerprint density at radius 1 is 1.05 bits per heavy atom. The van der Waals surface area contributed by atoms with Crippen molar-refractivity contribution in [2.45, 2.75) is 19.4 Å². The number of benzene rings is 1. The Labute approximate surface area is 219 Å². The summed E-state index contributed by atoms with van der Waals surface area (Å²) in [6.45, 7) is 2.30. The van der Waals surface area contributed by atoms with Gasteiger partial charge in [0.15, 0.2) is 12.0 Å². The van der Waals surface area contributed by atoms with E-state index in [-0.39, 0.29) is 19.6 Å². The van der Waals surface area contributed by atoms with Crippen LogP contribution in [0.1, 0.15) is 6.92 Å². The van der Waals surface area contributed by atoms with Gasteiger partial charge >= 0.3 is 18.2 Å². The Balaban J connectivity index is 1.91. The van der Waals surface area contributed by atoms with Gasteiger partial charge in [-0.25, -0.2) is 18.0 Å². The lowest BCUT2D eigenvalue weighted by molar-refractivity contribution is -0.203. The van der Waals surface area contributed by atoms with Crippen molar-refractivity contribution in [2.24, 2.45) is 7.05 Å². The van der Waals surface area contributed by atoms with E-state index in [1.807, 2.05) is 0 Å². The molecule has 1 unspecified atom stereocenters. The predicted molar refractivity (Wildman–Crippen MR) is 119 cm³/mol. The number of hydrogen-bond donors (Lipinski definition) is 1. The number of anilines is 2. The Hall–Kier alpha value is -4.11. The Morgan fingerprint density at radius 2 is 1.62 bits per heavy atom. The fourth-order valence-corrected chi connectivity index (χ4v) is 3.99. The van der Waals surface area contributed by atoms with E-state index in [1.165, 1.54) is 11.8 Å². The fraction of sp³-hybridized carbons (Fsp3) is 0.409. The molecule has 0 spiro atoms. The van der Waals surface area contributed by atoms with Crippen LogP contribution in [-0.2, 0) is 16.7 Å². The molecule has 1 aromatic carbocycles. The van der Waals surface area contributed by atoms with Gasteiger partial charge in [0.25, 0.3) is 5.56 Å². The number of piperazine rings is 1. The zero-order chi connectivity index (χ0) is 29.5. The number of halogens is 8. The van der Waals surface area contributed by atoms with Crippen LogP contribution in [0.4, 0.5) is 46.6 Å². The minimum atomic E-state index is -5.49. The van der Waals surface area contributed by atoms with E-state index in [1.54, 1.807) is 4.90 Å². The van der Waals surface area contributed by atoms with Crippen molar-refractivity contribution in [3.05, 3.63) is 39.4 Å². The molecule has 216 valence electrons. The van der Waals surface area contributed by atoms with Crippen molar-refractivity contribution in [3.63, 3.8) is 0 Å². The molecule has 2 aliphatic heterocycles. The molecule has 3 heterocycles. The minimum absolute atomic E-state index is 0.197. The largest absolute Gasteiger partial charge is 0.493 e. The van der Waals surface area contributed by atoms with Gasteiger partial charge in [0.2, 0.25) is 40.7 Å². The molecule has 40 heavy (non-hydrogen) atoms. The number of carbonyl (C=O) groups is 1. The number of rotatable bonds is 5. The third kappa shape index (κ3) is 4.97. The highest BCUT2D eigenvalue weighted by molar-refractivity contribution is 5.80. The summed E-state index contributed by atoms with van der Waals surface area (Å²) in [4.78, 5) is 36.4. The van der Waals surface area contributed by atoms with Crippen LogP contribution in [0.15, 0.2) is 4.79 Å². The number of aromatic nitrogens is 2. The van der Waals surface area contributed by atoms with E-state index in [0.29, 0.717) is 22.7 Å². The van der Waals surface area contributed by atoms with Gasteiger partial charge in [-0.3, -0.25) is 14.3 Å². The molecule has 1 atom stereocenters. The summed E-state index contributed by atoms with van der Waals surface area (Å²) in [7, 11) is 0.963. The summed E-state index contributed by atoms with van der Waals surface area (Å²) in [5.41, 5.74) is -1.53. The highest BCUT2D eigenvalue weighted by Crippen LogP contribution is 2.40. The van der Waals surface area contributed by atoms with E-state index < -0.39 is 76.3 Å². The second kappa shape index (κ2) is 10.8. The third-order valence-corrected chi connectivity index (χ3v) is 5.87. The first-order valence-corrected chi connectivity index (χ1v) is 11.3. The van der Waals surface area contributed by atoms with Crippen LogP contribution in [0.25, 0.3) is 0 Å². The molecule has 0 saturated carbocycles. The Kier molecular flexibility index (Phi) is 7.81.